The first kappa shape index (κ1) is 19.4. The lowest BCUT2D eigenvalue weighted by atomic mass is 9.96. The Bertz CT molecular complexity index is 866. The fourth-order valence-corrected chi connectivity index (χ4v) is 3.61. The van der Waals surface area contributed by atoms with E-state index in [4.69, 9.17) is 0 Å². The molecule has 1 N–H and O–H groups in total. The molecule has 2 heterocycles. The number of rotatable bonds is 5. The maximum Gasteiger partial charge on any atom is 0.250 e. The Morgan fingerprint density at radius 2 is 1.93 bits per heavy atom. The van der Waals surface area contributed by atoms with E-state index in [1.807, 2.05) is 30.3 Å². The van der Waals surface area contributed by atoms with E-state index in [9.17, 15) is 14.4 Å². The molecule has 1 saturated heterocycles. The number of pyridine rings is 1. The van der Waals surface area contributed by atoms with Gasteiger partial charge in [0.25, 0.3) is 5.56 Å². The molecule has 1 aliphatic heterocycles. The third-order valence-electron chi connectivity index (χ3n) is 4.70. The van der Waals surface area contributed by atoms with E-state index in [-0.39, 0.29) is 29.7 Å². The van der Waals surface area contributed by atoms with Crippen molar-refractivity contribution < 1.29 is 9.59 Å². The summed E-state index contributed by atoms with van der Waals surface area (Å²) in [5, 5.41) is 2.92. The Morgan fingerprint density at radius 3 is 2.70 bits per heavy atom. The lowest BCUT2D eigenvalue weighted by Crippen LogP contribution is -2.44. The summed E-state index contributed by atoms with van der Waals surface area (Å²) in [6.07, 6.45) is 3.49. The average molecular weight is 432 g/mol. The third-order valence-corrected chi connectivity index (χ3v) is 5.17. The van der Waals surface area contributed by atoms with E-state index in [0.717, 1.165) is 23.0 Å². The Labute approximate surface area is 166 Å². The van der Waals surface area contributed by atoms with Crippen molar-refractivity contribution >= 4 is 33.4 Å². The van der Waals surface area contributed by atoms with Crippen molar-refractivity contribution in [1.29, 1.82) is 0 Å². The van der Waals surface area contributed by atoms with E-state index in [2.05, 4.69) is 21.2 Å². The van der Waals surface area contributed by atoms with Crippen LogP contribution >= 0.6 is 15.9 Å². The molecule has 1 atom stereocenters. The van der Waals surface area contributed by atoms with Crippen LogP contribution in [-0.4, -0.2) is 34.4 Å². The highest BCUT2D eigenvalue weighted by atomic mass is 79.9. The summed E-state index contributed by atoms with van der Waals surface area (Å²) in [5.41, 5.74) is 0.629. The maximum absolute atomic E-state index is 12.6. The van der Waals surface area contributed by atoms with E-state index in [0.29, 0.717) is 19.6 Å². The molecule has 0 saturated carbocycles. The molecule has 142 valence electrons. The SMILES string of the molecule is O=C(Nc1ccccc1)[C@@H]1CCCN(C(=O)CCn2cc(Br)ccc2=O)C1. The molecule has 0 aliphatic carbocycles. The van der Waals surface area contributed by atoms with Crippen LogP contribution in [0.3, 0.4) is 0 Å². The molecule has 1 fully saturated rings. The highest BCUT2D eigenvalue weighted by Crippen LogP contribution is 2.19. The topological polar surface area (TPSA) is 71.4 Å². The highest BCUT2D eigenvalue weighted by molar-refractivity contribution is 9.10. The predicted octanol–water partition coefficient (Wildman–Crippen LogP) is 2.88. The molecule has 6 nitrogen and oxygen atoms in total. The standard InChI is InChI=1S/C20H22BrN3O3/c21-16-8-9-18(25)24(14-16)12-10-19(26)23-11-4-5-15(13-23)20(27)22-17-6-2-1-3-7-17/h1-3,6-9,14-15H,4-5,10-13H2,(H,22,27)/t15-/m1/s1. The summed E-state index contributed by atoms with van der Waals surface area (Å²) in [5.74, 6) is -0.294. The summed E-state index contributed by atoms with van der Waals surface area (Å²) in [6, 6.07) is 12.5. The van der Waals surface area contributed by atoms with Gasteiger partial charge in [0.1, 0.15) is 0 Å². The minimum absolute atomic E-state index is 0.0286. The van der Waals surface area contributed by atoms with Crippen molar-refractivity contribution in [1.82, 2.24) is 9.47 Å². The number of likely N-dealkylation sites (tertiary alicyclic amines) is 1. The number of anilines is 1. The van der Waals surface area contributed by atoms with Crippen molar-refractivity contribution in [3.05, 3.63) is 63.5 Å². The van der Waals surface area contributed by atoms with Gasteiger partial charge in [0.15, 0.2) is 0 Å². The van der Waals surface area contributed by atoms with Gasteiger partial charge in [0.05, 0.1) is 5.92 Å². The van der Waals surface area contributed by atoms with Crippen LogP contribution in [0.5, 0.6) is 0 Å². The summed E-state index contributed by atoms with van der Waals surface area (Å²) >= 11 is 3.33. The van der Waals surface area contributed by atoms with Gasteiger partial charge in [0, 0.05) is 48.5 Å². The van der Waals surface area contributed by atoms with Crippen LogP contribution in [-0.2, 0) is 16.1 Å². The number of benzene rings is 1. The van der Waals surface area contributed by atoms with Crippen LogP contribution in [0.15, 0.2) is 57.9 Å². The predicted molar refractivity (Wildman–Crippen MR) is 107 cm³/mol. The van der Waals surface area contributed by atoms with Crippen LogP contribution < -0.4 is 10.9 Å². The zero-order valence-electron chi connectivity index (χ0n) is 14.9. The fourth-order valence-electron chi connectivity index (χ4n) is 3.23. The summed E-state index contributed by atoms with van der Waals surface area (Å²) in [6.45, 7) is 1.40. The number of piperidine rings is 1. The number of hydrogen-bond donors (Lipinski definition) is 1. The van der Waals surface area contributed by atoms with Gasteiger partial charge in [-0.15, -0.1) is 0 Å². The first-order chi connectivity index (χ1) is 13.0. The second-order valence-electron chi connectivity index (χ2n) is 6.66. The molecule has 3 rings (SSSR count). The smallest absolute Gasteiger partial charge is 0.250 e. The number of aromatic nitrogens is 1. The molecule has 0 radical (unpaired) electrons. The first-order valence-electron chi connectivity index (χ1n) is 9.02. The number of halogens is 1. The summed E-state index contributed by atoms with van der Waals surface area (Å²) < 4.78 is 2.32. The second-order valence-corrected chi connectivity index (χ2v) is 7.58. The van der Waals surface area contributed by atoms with Gasteiger partial charge in [-0.3, -0.25) is 14.4 Å². The van der Waals surface area contributed by atoms with Crippen LogP contribution in [0.4, 0.5) is 5.69 Å². The van der Waals surface area contributed by atoms with Gasteiger partial charge in [0.2, 0.25) is 11.8 Å². The van der Waals surface area contributed by atoms with Gasteiger partial charge in [-0.05, 0) is 47.0 Å². The minimum atomic E-state index is -0.212. The molecule has 27 heavy (non-hydrogen) atoms. The van der Waals surface area contributed by atoms with Crippen molar-refractivity contribution in [3.63, 3.8) is 0 Å². The van der Waals surface area contributed by atoms with Crippen molar-refractivity contribution in [3.8, 4) is 0 Å². The van der Waals surface area contributed by atoms with Crippen molar-refractivity contribution in [2.45, 2.75) is 25.8 Å². The Balaban J connectivity index is 1.55. The molecule has 7 heteroatoms. The molecular weight excluding hydrogens is 410 g/mol. The quantitative estimate of drug-likeness (QED) is 0.790. The summed E-state index contributed by atoms with van der Waals surface area (Å²) in [7, 11) is 0. The highest BCUT2D eigenvalue weighted by Gasteiger charge is 2.28. The van der Waals surface area contributed by atoms with Gasteiger partial charge >= 0.3 is 0 Å². The second kappa shape index (κ2) is 8.99. The molecule has 2 aromatic rings. The molecular formula is C20H22BrN3O3. The zero-order valence-corrected chi connectivity index (χ0v) is 16.5. The molecule has 2 amide bonds. The lowest BCUT2D eigenvalue weighted by molar-refractivity contribution is -0.134. The molecule has 1 aromatic carbocycles. The Hall–Kier alpha value is -2.41. The van der Waals surface area contributed by atoms with Crippen LogP contribution in [0, 0.1) is 5.92 Å². The number of nitrogens with zero attached hydrogens (tertiary/aromatic N) is 2. The van der Waals surface area contributed by atoms with Gasteiger partial charge in [-0.2, -0.15) is 0 Å². The molecule has 0 bridgehead atoms. The Kier molecular flexibility index (Phi) is 6.45. The largest absolute Gasteiger partial charge is 0.342 e. The number of para-hydroxylation sites is 1. The lowest BCUT2D eigenvalue weighted by Gasteiger charge is -2.32. The maximum atomic E-state index is 12.6. The van der Waals surface area contributed by atoms with Crippen LogP contribution in [0.2, 0.25) is 0 Å². The first-order valence-corrected chi connectivity index (χ1v) is 9.82. The van der Waals surface area contributed by atoms with Crippen molar-refractivity contribution in [2.75, 3.05) is 18.4 Å². The van der Waals surface area contributed by atoms with E-state index >= 15 is 0 Å². The molecule has 1 aromatic heterocycles. The van der Waals surface area contributed by atoms with Gasteiger partial charge in [-0.1, -0.05) is 18.2 Å². The van der Waals surface area contributed by atoms with E-state index in [1.165, 1.54) is 10.6 Å². The minimum Gasteiger partial charge on any atom is -0.342 e. The van der Waals surface area contributed by atoms with Crippen LogP contribution in [0.25, 0.3) is 0 Å². The number of amides is 2. The fraction of sp³-hybridized carbons (Fsp3) is 0.350. The average Bonchev–Trinajstić information content (AvgIpc) is 2.69. The van der Waals surface area contributed by atoms with Crippen molar-refractivity contribution in [2.24, 2.45) is 5.92 Å². The number of aryl methyl sites for hydroxylation is 1. The zero-order chi connectivity index (χ0) is 19.2. The van der Waals surface area contributed by atoms with Gasteiger partial charge < -0.3 is 14.8 Å². The molecule has 0 spiro atoms. The number of nitrogens with one attached hydrogen (secondary N) is 1. The van der Waals surface area contributed by atoms with E-state index in [1.54, 1.807) is 17.2 Å². The third kappa shape index (κ3) is 5.29. The van der Waals surface area contributed by atoms with Crippen LogP contribution in [0.1, 0.15) is 19.3 Å². The normalized spacial score (nSPS) is 16.8. The summed E-state index contributed by atoms with van der Waals surface area (Å²) in [4.78, 5) is 38.6. The van der Waals surface area contributed by atoms with E-state index < -0.39 is 0 Å². The molecule has 1 aliphatic rings. The molecule has 0 unspecified atom stereocenters. The Morgan fingerprint density at radius 1 is 1.15 bits per heavy atom. The van der Waals surface area contributed by atoms with Gasteiger partial charge in [-0.25, -0.2) is 0 Å². The number of hydrogen-bond acceptors (Lipinski definition) is 3. The number of carbonyl (C=O) groups excluding carboxylic acids is 2. The monoisotopic (exact) mass is 431 g/mol. The number of carbonyl (C=O) groups is 2.